The predicted molar refractivity (Wildman–Crippen MR) is 108 cm³/mol. The number of hydrogen-bond acceptors (Lipinski definition) is 2. The van der Waals surface area contributed by atoms with E-state index < -0.39 is 23.3 Å². The number of methoxy groups -OCH3 is 2. The Kier molecular flexibility index (Phi) is 7.89. The van der Waals surface area contributed by atoms with Gasteiger partial charge in [0.2, 0.25) is 0 Å². The Morgan fingerprint density at radius 3 is 1.97 bits per heavy atom. The highest BCUT2D eigenvalue weighted by Crippen LogP contribution is 2.40. The summed E-state index contributed by atoms with van der Waals surface area (Å²) in [7, 11) is 3.14. The van der Waals surface area contributed by atoms with E-state index in [0.717, 1.165) is 32.1 Å². The molecule has 0 aliphatic heterocycles. The Hall–Kier alpha value is -1.92. The van der Waals surface area contributed by atoms with Crippen LogP contribution in [0.25, 0.3) is 11.1 Å². The average molecular weight is 424 g/mol. The highest BCUT2D eigenvalue weighted by Gasteiger charge is 2.27. The molecule has 0 unspecified atom stereocenters. The lowest BCUT2D eigenvalue weighted by Crippen LogP contribution is -2.16. The van der Waals surface area contributed by atoms with Crippen molar-refractivity contribution in [3.63, 3.8) is 0 Å². The molecule has 0 atom stereocenters. The monoisotopic (exact) mass is 424 g/mol. The zero-order chi connectivity index (χ0) is 21.7. The Morgan fingerprint density at radius 1 is 0.733 bits per heavy atom. The first kappa shape index (κ1) is 22.8. The number of benzene rings is 2. The van der Waals surface area contributed by atoms with Crippen molar-refractivity contribution in [2.45, 2.75) is 44.4 Å². The molecule has 1 fully saturated rings. The van der Waals surface area contributed by atoms with Gasteiger partial charge in [-0.25, -0.2) is 17.6 Å². The summed E-state index contributed by atoms with van der Waals surface area (Å²) in [6, 6.07) is 5.56. The van der Waals surface area contributed by atoms with Gasteiger partial charge in [0.1, 0.15) is 0 Å². The predicted octanol–water partition coefficient (Wildman–Crippen LogP) is 6.41. The smallest absolute Gasteiger partial charge is 0.167 e. The second-order valence-corrected chi connectivity index (χ2v) is 7.97. The Morgan fingerprint density at radius 2 is 1.33 bits per heavy atom. The van der Waals surface area contributed by atoms with E-state index in [-0.39, 0.29) is 35.6 Å². The van der Waals surface area contributed by atoms with Gasteiger partial charge in [0.25, 0.3) is 0 Å². The topological polar surface area (TPSA) is 18.5 Å². The maximum absolute atomic E-state index is 14.9. The van der Waals surface area contributed by atoms with Gasteiger partial charge < -0.3 is 9.47 Å². The molecule has 6 heteroatoms. The third-order valence-corrected chi connectivity index (χ3v) is 6.16. The van der Waals surface area contributed by atoms with Crippen molar-refractivity contribution in [1.29, 1.82) is 0 Å². The maximum Gasteiger partial charge on any atom is 0.167 e. The van der Waals surface area contributed by atoms with Crippen molar-refractivity contribution in [3.05, 3.63) is 58.7 Å². The van der Waals surface area contributed by atoms with Gasteiger partial charge in [-0.1, -0.05) is 24.3 Å². The normalized spacial score (nSPS) is 19.3. The molecule has 0 aromatic heterocycles. The van der Waals surface area contributed by atoms with Crippen molar-refractivity contribution in [2.75, 3.05) is 27.4 Å². The maximum atomic E-state index is 14.9. The number of ether oxygens (including phenoxy) is 2. The number of rotatable bonds is 8. The van der Waals surface area contributed by atoms with Crippen LogP contribution >= 0.6 is 0 Å². The van der Waals surface area contributed by atoms with Gasteiger partial charge in [0.05, 0.1) is 6.61 Å². The third kappa shape index (κ3) is 4.86. The molecule has 1 saturated carbocycles. The molecule has 0 radical (unpaired) electrons. The van der Waals surface area contributed by atoms with E-state index in [2.05, 4.69) is 0 Å². The van der Waals surface area contributed by atoms with Crippen LogP contribution in [0.3, 0.4) is 0 Å². The van der Waals surface area contributed by atoms with Gasteiger partial charge in [-0.3, -0.25) is 0 Å². The Bertz CT molecular complexity index is 861. The average Bonchev–Trinajstić information content (AvgIpc) is 2.76. The summed E-state index contributed by atoms with van der Waals surface area (Å²) in [6.07, 6.45) is 4.62. The van der Waals surface area contributed by atoms with E-state index in [1.54, 1.807) is 7.11 Å². The van der Waals surface area contributed by atoms with Crippen LogP contribution in [-0.2, 0) is 15.9 Å². The first-order valence-corrected chi connectivity index (χ1v) is 10.4. The molecular weight excluding hydrogens is 396 g/mol. The number of halogens is 4. The minimum absolute atomic E-state index is 0.0645. The fourth-order valence-electron chi connectivity index (χ4n) is 4.34. The van der Waals surface area contributed by atoms with E-state index in [1.807, 2.05) is 0 Å². The van der Waals surface area contributed by atoms with Gasteiger partial charge >= 0.3 is 0 Å². The van der Waals surface area contributed by atoms with Crippen molar-refractivity contribution in [1.82, 2.24) is 0 Å². The summed E-state index contributed by atoms with van der Waals surface area (Å²) >= 11 is 0. The molecule has 0 bridgehead atoms. The molecule has 164 valence electrons. The summed E-state index contributed by atoms with van der Waals surface area (Å²) in [5, 5.41) is 0. The minimum Gasteiger partial charge on any atom is -0.385 e. The lowest BCUT2D eigenvalue weighted by Gasteiger charge is -2.29. The minimum atomic E-state index is -1.17. The van der Waals surface area contributed by atoms with Gasteiger partial charge in [0, 0.05) is 32.0 Å². The third-order valence-electron chi connectivity index (χ3n) is 6.16. The lowest BCUT2D eigenvalue weighted by atomic mass is 9.77. The van der Waals surface area contributed by atoms with E-state index in [1.165, 1.54) is 31.4 Å². The molecular formula is C24H28F4O2. The molecule has 2 aromatic carbocycles. The summed E-state index contributed by atoms with van der Waals surface area (Å²) in [5.41, 5.74) is -0.0838. The molecule has 0 N–H and O–H groups in total. The van der Waals surface area contributed by atoms with E-state index >= 15 is 0 Å². The van der Waals surface area contributed by atoms with Crippen molar-refractivity contribution in [3.8, 4) is 11.1 Å². The van der Waals surface area contributed by atoms with Crippen molar-refractivity contribution < 1.29 is 27.0 Å². The molecule has 3 rings (SSSR count). The molecule has 30 heavy (non-hydrogen) atoms. The second-order valence-electron chi connectivity index (χ2n) is 7.97. The fraction of sp³-hybridized carbons (Fsp3) is 0.500. The quantitative estimate of drug-likeness (QED) is 0.456. The highest BCUT2D eigenvalue weighted by molar-refractivity contribution is 5.66. The van der Waals surface area contributed by atoms with Crippen LogP contribution in [0.4, 0.5) is 17.6 Å². The summed E-state index contributed by atoms with van der Waals surface area (Å²) in [5.74, 6) is -3.84. The van der Waals surface area contributed by atoms with Crippen LogP contribution in [-0.4, -0.2) is 27.4 Å². The van der Waals surface area contributed by atoms with Crippen LogP contribution in [0.2, 0.25) is 0 Å². The van der Waals surface area contributed by atoms with Gasteiger partial charge in [-0.2, -0.15) is 0 Å². The number of hydrogen-bond donors (Lipinski definition) is 0. The van der Waals surface area contributed by atoms with Crippen molar-refractivity contribution in [2.24, 2.45) is 5.92 Å². The largest absolute Gasteiger partial charge is 0.385 e. The van der Waals surface area contributed by atoms with Gasteiger partial charge in [-0.15, -0.1) is 0 Å². The van der Waals surface area contributed by atoms with Gasteiger partial charge in [0.15, 0.2) is 23.3 Å². The van der Waals surface area contributed by atoms with Crippen LogP contribution in [0.15, 0.2) is 24.3 Å². The molecule has 1 aliphatic carbocycles. The summed E-state index contributed by atoms with van der Waals surface area (Å²) < 4.78 is 68.7. The summed E-state index contributed by atoms with van der Waals surface area (Å²) in [6.45, 7) is 0.945. The molecule has 0 spiro atoms. The summed E-state index contributed by atoms with van der Waals surface area (Å²) in [4.78, 5) is 0. The zero-order valence-corrected chi connectivity index (χ0v) is 17.4. The van der Waals surface area contributed by atoms with Gasteiger partial charge in [-0.05, 0) is 61.5 Å². The molecule has 0 heterocycles. The fourth-order valence-corrected chi connectivity index (χ4v) is 4.34. The van der Waals surface area contributed by atoms with E-state index in [0.29, 0.717) is 18.1 Å². The SMILES string of the molecule is COCCc1ccc(-c2ccc(C3CCC(CCOC)CC3)c(F)c2F)c(F)c1F. The first-order valence-electron chi connectivity index (χ1n) is 10.4. The van der Waals surface area contributed by atoms with E-state index in [4.69, 9.17) is 9.47 Å². The second kappa shape index (κ2) is 10.4. The standard InChI is InChI=1S/C24H28F4O2/c1-29-13-11-15-3-5-16(6-4-15)18-9-10-20(24(28)22(18)26)19-8-7-17(12-14-30-2)21(25)23(19)27/h7-10,15-16H,3-6,11-14H2,1-2H3. The van der Waals surface area contributed by atoms with E-state index in [9.17, 15) is 17.6 Å². The first-order chi connectivity index (χ1) is 14.5. The molecule has 1 aliphatic rings. The van der Waals surface area contributed by atoms with Crippen LogP contribution < -0.4 is 0 Å². The molecule has 2 nitrogen and oxygen atoms in total. The zero-order valence-electron chi connectivity index (χ0n) is 17.4. The highest BCUT2D eigenvalue weighted by atomic mass is 19.2. The molecule has 0 saturated heterocycles. The van der Waals surface area contributed by atoms with Crippen molar-refractivity contribution >= 4 is 0 Å². The van der Waals surface area contributed by atoms with Crippen LogP contribution in [0.5, 0.6) is 0 Å². The molecule has 0 amide bonds. The van der Waals surface area contributed by atoms with Crippen LogP contribution in [0.1, 0.15) is 49.1 Å². The Balaban J connectivity index is 1.81. The molecule has 2 aromatic rings. The lowest BCUT2D eigenvalue weighted by molar-refractivity contribution is 0.162. The van der Waals surface area contributed by atoms with Crippen LogP contribution in [0, 0.1) is 29.2 Å². The Labute approximate surface area is 175 Å².